The highest BCUT2D eigenvalue weighted by Gasteiger charge is 2.23. The van der Waals surface area contributed by atoms with Crippen LogP contribution in [0.25, 0.3) is 10.8 Å². The van der Waals surface area contributed by atoms with Gasteiger partial charge in [0, 0.05) is 10.6 Å². The zero-order valence-electron chi connectivity index (χ0n) is 14.0. The van der Waals surface area contributed by atoms with Crippen molar-refractivity contribution in [3.8, 4) is 16.8 Å². The third-order valence-electron chi connectivity index (χ3n) is 4.17. The van der Waals surface area contributed by atoms with Gasteiger partial charge in [0.25, 0.3) is 11.1 Å². The Morgan fingerprint density at radius 2 is 2.40 bits per heavy atom. The first-order valence-electron chi connectivity index (χ1n) is 8.03. The van der Waals surface area contributed by atoms with Gasteiger partial charge in [0.15, 0.2) is 5.78 Å². The van der Waals surface area contributed by atoms with Crippen LogP contribution in [0.15, 0.2) is 15.7 Å². The van der Waals surface area contributed by atoms with E-state index in [2.05, 4.69) is 23.2 Å². The van der Waals surface area contributed by atoms with Gasteiger partial charge in [-0.05, 0) is 43.7 Å². The number of nitrogens with zero attached hydrogens (tertiary/aromatic N) is 3. The molecule has 1 aliphatic rings. The molecule has 130 valence electrons. The zero-order valence-corrected chi connectivity index (χ0v) is 15.7. The van der Waals surface area contributed by atoms with E-state index in [1.54, 1.807) is 11.3 Å². The number of fused-ring (bicyclic) bond motifs is 1. The number of rotatable bonds is 6. The lowest BCUT2D eigenvalue weighted by Crippen LogP contribution is -2.21. The minimum atomic E-state index is -0.999. The Bertz CT molecular complexity index is 849. The monoisotopic (exact) mass is 374 g/mol. The minimum absolute atomic E-state index is 0.0362. The lowest BCUT2D eigenvalue weighted by atomic mass is 9.90. The quantitative estimate of drug-likeness (QED) is 0.610. The first-order chi connectivity index (χ1) is 12.0. The Morgan fingerprint density at radius 1 is 1.60 bits per heavy atom. The van der Waals surface area contributed by atoms with Crippen molar-refractivity contribution in [2.75, 3.05) is 5.75 Å². The van der Waals surface area contributed by atoms with Gasteiger partial charge in [0.2, 0.25) is 0 Å². The summed E-state index contributed by atoms with van der Waals surface area (Å²) in [4.78, 5) is 14.3. The van der Waals surface area contributed by atoms with E-state index in [9.17, 15) is 4.79 Å². The second-order valence-corrected chi connectivity index (χ2v) is 8.34. The van der Waals surface area contributed by atoms with E-state index < -0.39 is 5.92 Å². The van der Waals surface area contributed by atoms with Gasteiger partial charge >= 0.3 is 0 Å². The van der Waals surface area contributed by atoms with Gasteiger partial charge < -0.3 is 9.83 Å². The highest BCUT2D eigenvalue weighted by atomic mass is 32.2. The van der Waals surface area contributed by atoms with Gasteiger partial charge in [0.1, 0.15) is 5.92 Å². The lowest BCUT2D eigenvalue weighted by molar-refractivity contribution is -0.117. The molecule has 2 aromatic rings. The summed E-state index contributed by atoms with van der Waals surface area (Å²) in [5.74, 6) is -0.0995. The molecule has 0 bridgehead atoms. The number of nitriles is 1. The molecule has 0 unspecified atom stereocenters. The summed E-state index contributed by atoms with van der Waals surface area (Å²) in [6.07, 6.45) is 3.41. The number of thiophene rings is 1. The van der Waals surface area contributed by atoms with Crippen molar-refractivity contribution in [2.24, 2.45) is 11.8 Å². The maximum atomic E-state index is 12.0. The summed E-state index contributed by atoms with van der Waals surface area (Å²) in [7, 11) is 0. The van der Waals surface area contributed by atoms with E-state index >= 15 is 0 Å². The van der Waals surface area contributed by atoms with Crippen LogP contribution in [0.5, 0.6) is 0 Å². The van der Waals surface area contributed by atoms with Gasteiger partial charge in [-0.3, -0.25) is 4.79 Å². The summed E-state index contributed by atoms with van der Waals surface area (Å²) in [5.41, 5.74) is 1.43. The smallest absolute Gasteiger partial charge is 0.277 e. The molecular weight excluding hydrogens is 356 g/mol. The number of Topliss-reactive ketones (excluding diaryl/α,β-unsaturated/α-hetero) is 1. The Balaban J connectivity index is 1.66. The number of hydrogen-bond donors (Lipinski definition) is 1. The number of hydrogen-bond acceptors (Lipinski definition) is 8. The standard InChI is InChI=1S/C17H18N4O2S2/c1-9-3-4-14-11(5-9)6-15(25-14)16-20-21-17(23-16)24-8-13(22)12(7-18)10(2)19/h6,9,12,19H,3-5,8H2,1-2H3/t9-,12+/m1/s1. The normalized spacial score (nSPS) is 17.6. The number of aryl methyl sites for hydroxylation is 1. The summed E-state index contributed by atoms with van der Waals surface area (Å²) in [5, 5.41) is 24.8. The number of carbonyl (C=O) groups excluding carboxylic acids is 1. The lowest BCUT2D eigenvalue weighted by Gasteiger charge is -2.16. The molecule has 2 aromatic heterocycles. The first-order valence-corrected chi connectivity index (χ1v) is 9.83. The molecule has 0 saturated carbocycles. The Hall–Kier alpha value is -1.98. The summed E-state index contributed by atoms with van der Waals surface area (Å²) < 4.78 is 5.66. The molecular formula is C17H18N4O2S2. The van der Waals surface area contributed by atoms with Crippen LogP contribution in [0.4, 0.5) is 0 Å². The van der Waals surface area contributed by atoms with Gasteiger partial charge in [-0.15, -0.1) is 21.5 Å². The van der Waals surface area contributed by atoms with Crippen molar-refractivity contribution < 1.29 is 9.21 Å². The second-order valence-electron chi connectivity index (χ2n) is 6.28. The molecule has 1 aliphatic carbocycles. The SMILES string of the molecule is CC(=N)[C@H](C#N)C(=O)CSc1nnc(-c2cc3c(s2)CC[C@@H](C)C3)o1. The predicted octanol–water partition coefficient (Wildman–Crippen LogP) is 3.76. The van der Waals surface area contributed by atoms with Crippen LogP contribution in [0.3, 0.4) is 0 Å². The highest BCUT2D eigenvalue weighted by Crippen LogP contribution is 2.37. The molecule has 8 heteroatoms. The van der Waals surface area contributed by atoms with Gasteiger partial charge in [0.05, 0.1) is 16.7 Å². The molecule has 0 saturated heterocycles. The third-order valence-corrected chi connectivity index (χ3v) is 6.23. The molecule has 1 N–H and O–H groups in total. The van der Waals surface area contributed by atoms with E-state index in [-0.39, 0.29) is 17.2 Å². The number of aromatic nitrogens is 2. The summed E-state index contributed by atoms with van der Waals surface area (Å²) in [6.45, 7) is 3.73. The Morgan fingerprint density at radius 3 is 3.12 bits per heavy atom. The van der Waals surface area contributed by atoms with E-state index in [0.29, 0.717) is 17.0 Å². The molecule has 0 radical (unpaired) electrons. The second kappa shape index (κ2) is 7.50. The van der Waals surface area contributed by atoms with Gasteiger partial charge in [-0.1, -0.05) is 18.7 Å². The average Bonchev–Trinajstić information content (AvgIpc) is 3.19. The zero-order chi connectivity index (χ0) is 18.0. The fourth-order valence-electron chi connectivity index (χ4n) is 2.81. The maximum Gasteiger partial charge on any atom is 0.277 e. The number of ketones is 1. The molecule has 0 fully saturated rings. The molecule has 0 amide bonds. The van der Waals surface area contributed by atoms with Crippen LogP contribution in [-0.2, 0) is 17.6 Å². The van der Waals surface area contributed by atoms with Crippen molar-refractivity contribution in [3.63, 3.8) is 0 Å². The van der Waals surface area contributed by atoms with E-state index in [0.717, 1.165) is 29.5 Å². The van der Waals surface area contributed by atoms with Crippen LogP contribution < -0.4 is 0 Å². The number of nitrogens with one attached hydrogen (secondary N) is 1. The largest absolute Gasteiger partial charge is 0.410 e. The minimum Gasteiger partial charge on any atom is -0.410 e. The molecule has 2 atom stereocenters. The van der Waals surface area contributed by atoms with Gasteiger partial charge in [-0.2, -0.15) is 5.26 Å². The maximum absolute atomic E-state index is 12.0. The third kappa shape index (κ3) is 3.99. The van der Waals surface area contributed by atoms with Crippen LogP contribution in [0.2, 0.25) is 0 Å². The summed E-state index contributed by atoms with van der Waals surface area (Å²) in [6, 6.07) is 3.98. The fourth-order valence-corrected chi connectivity index (χ4v) is 4.60. The van der Waals surface area contributed by atoms with Crippen molar-refractivity contribution >= 4 is 34.6 Å². The first kappa shape index (κ1) is 17.8. The number of carbonyl (C=O) groups is 1. The Kier molecular flexibility index (Phi) is 5.35. The number of thioether (sulfide) groups is 1. The van der Waals surface area contributed by atoms with Crippen LogP contribution in [0, 0.1) is 28.6 Å². The topological polar surface area (TPSA) is 104 Å². The van der Waals surface area contributed by atoms with Crippen molar-refractivity contribution in [2.45, 2.75) is 38.3 Å². The van der Waals surface area contributed by atoms with E-state index in [1.807, 2.05) is 6.07 Å². The molecule has 0 spiro atoms. The molecule has 25 heavy (non-hydrogen) atoms. The highest BCUT2D eigenvalue weighted by molar-refractivity contribution is 7.99. The van der Waals surface area contributed by atoms with Crippen LogP contribution in [-0.4, -0.2) is 27.4 Å². The molecule has 2 heterocycles. The molecule has 0 aliphatic heterocycles. The predicted molar refractivity (Wildman–Crippen MR) is 97.0 cm³/mol. The molecule has 0 aromatic carbocycles. The van der Waals surface area contributed by atoms with Crippen LogP contribution >= 0.6 is 23.1 Å². The summed E-state index contributed by atoms with van der Waals surface area (Å²) >= 11 is 2.80. The molecule has 6 nitrogen and oxygen atoms in total. The van der Waals surface area contributed by atoms with Crippen molar-refractivity contribution in [3.05, 3.63) is 16.5 Å². The van der Waals surface area contributed by atoms with Crippen molar-refractivity contribution in [1.29, 1.82) is 10.7 Å². The van der Waals surface area contributed by atoms with E-state index in [1.165, 1.54) is 23.8 Å². The molecule has 3 rings (SSSR count). The average molecular weight is 374 g/mol. The van der Waals surface area contributed by atoms with Crippen molar-refractivity contribution in [1.82, 2.24) is 10.2 Å². The van der Waals surface area contributed by atoms with Gasteiger partial charge in [-0.25, -0.2) is 0 Å². The van der Waals surface area contributed by atoms with E-state index in [4.69, 9.17) is 15.1 Å². The Labute approximate surface area is 154 Å². The fraction of sp³-hybridized carbons (Fsp3) is 0.471. The van der Waals surface area contributed by atoms with Crippen LogP contribution in [0.1, 0.15) is 30.7 Å².